The van der Waals surface area contributed by atoms with Crippen LogP contribution in [0.15, 0.2) is 47.4 Å². The van der Waals surface area contributed by atoms with Crippen molar-refractivity contribution in [3.63, 3.8) is 0 Å². The third-order valence-corrected chi connectivity index (χ3v) is 5.29. The summed E-state index contributed by atoms with van der Waals surface area (Å²) in [7, 11) is -2.57. The van der Waals surface area contributed by atoms with E-state index in [1.807, 2.05) is 26.0 Å². The van der Waals surface area contributed by atoms with Crippen LogP contribution in [0.25, 0.3) is 0 Å². The van der Waals surface area contributed by atoms with Crippen molar-refractivity contribution in [2.45, 2.75) is 25.2 Å². The quantitative estimate of drug-likeness (QED) is 0.815. The van der Waals surface area contributed by atoms with Crippen molar-refractivity contribution < 1.29 is 17.9 Å². The molecule has 0 bridgehead atoms. The zero-order valence-corrected chi connectivity index (χ0v) is 14.8. The Morgan fingerprint density at radius 3 is 2.50 bits per heavy atom. The summed E-state index contributed by atoms with van der Waals surface area (Å²) in [5.41, 5.74) is 3.41. The molecule has 0 unspecified atom stereocenters. The second-order valence-electron chi connectivity index (χ2n) is 5.57. The Bertz CT molecular complexity index is 844. The van der Waals surface area contributed by atoms with Crippen molar-refractivity contribution in [3.8, 4) is 0 Å². The molecule has 0 amide bonds. The molecule has 0 radical (unpaired) electrons. The predicted molar refractivity (Wildman–Crippen MR) is 92.6 cm³/mol. The van der Waals surface area contributed by atoms with Gasteiger partial charge in [0.15, 0.2) is 0 Å². The number of methoxy groups -OCH3 is 1. The van der Waals surface area contributed by atoms with Crippen LogP contribution in [0, 0.1) is 13.8 Å². The zero-order valence-electron chi connectivity index (χ0n) is 14.0. The van der Waals surface area contributed by atoms with Crippen molar-refractivity contribution in [2.75, 3.05) is 13.7 Å². The van der Waals surface area contributed by atoms with E-state index in [0.717, 1.165) is 11.1 Å². The van der Waals surface area contributed by atoms with Gasteiger partial charge in [-0.15, -0.1) is 0 Å². The number of aryl methyl sites for hydroxylation is 2. The molecule has 6 heteroatoms. The van der Waals surface area contributed by atoms with Gasteiger partial charge in [0.05, 0.1) is 17.6 Å². The molecule has 0 fully saturated rings. The lowest BCUT2D eigenvalue weighted by molar-refractivity contribution is 0.0596. The molecule has 128 valence electrons. The monoisotopic (exact) mass is 347 g/mol. The Morgan fingerprint density at radius 1 is 1.12 bits per heavy atom. The summed E-state index contributed by atoms with van der Waals surface area (Å²) in [6.45, 7) is 4.27. The van der Waals surface area contributed by atoms with Gasteiger partial charge in [-0.05, 0) is 43.5 Å². The number of carbonyl (C=O) groups excluding carboxylic acids is 1. The molecule has 2 aromatic rings. The zero-order chi connectivity index (χ0) is 17.7. The van der Waals surface area contributed by atoms with Gasteiger partial charge in [0.25, 0.3) is 0 Å². The molecule has 0 aliphatic carbocycles. The van der Waals surface area contributed by atoms with E-state index < -0.39 is 16.0 Å². The lowest BCUT2D eigenvalue weighted by Gasteiger charge is -2.11. The molecule has 24 heavy (non-hydrogen) atoms. The lowest BCUT2D eigenvalue weighted by atomic mass is 10.0. The highest BCUT2D eigenvalue weighted by molar-refractivity contribution is 7.89. The van der Waals surface area contributed by atoms with Crippen LogP contribution in [0.2, 0.25) is 0 Å². The molecule has 0 aromatic heterocycles. The lowest BCUT2D eigenvalue weighted by Crippen LogP contribution is -2.27. The summed E-state index contributed by atoms with van der Waals surface area (Å²) in [4.78, 5) is 11.7. The fraction of sp³-hybridized carbons (Fsp3) is 0.278. The van der Waals surface area contributed by atoms with Gasteiger partial charge < -0.3 is 4.74 Å². The molecule has 0 spiro atoms. The highest BCUT2D eigenvalue weighted by Crippen LogP contribution is 2.17. The maximum Gasteiger partial charge on any atom is 0.339 e. The molecule has 0 heterocycles. The first-order valence-electron chi connectivity index (χ1n) is 7.58. The number of ether oxygens (including phenoxy) is 1. The van der Waals surface area contributed by atoms with Gasteiger partial charge in [-0.25, -0.2) is 17.9 Å². The molecule has 2 rings (SSSR count). The van der Waals surface area contributed by atoms with Gasteiger partial charge in [-0.1, -0.05) is 35.9 Å². The van der Waals surface area contributed by atoms with Crippen LogP contribution in [0.5, 0.6) is 0 Å². The maximum absolute atomic E-state index is 12.5. The van der Waals surface area contributed by atoms with E-state index >= 15 is 0 Å². The van der Waals surface area contributed by atoms with Crippen molar-refractivity contribution in [2.24, 2.45) is 0 Å². The average Bonchev–Trinajstić information content (AvgIpc) is 2.56. The number of hydrogen-bond donors (Lipinski definition) is 1. The molecule has 2 aromatic carbocycles. The first-order valence-corrected chi connectivity index (χ1v) is 9.06. The van der Waals surface area contributed by atoms with E-state index in [4.69, 9.17) is 0 Å². The number of carbonyl (C=O) groups is 1. The van der Waals surface area contributed by atoms with Crippen LogP contribution >= 0.6 is 0 Å². The number of esters is 1. The second-order valence-corrected chi connectivity index (χ2v) is 7.30. The third kappa shape index (κ3) is 4.21. The van der Waals surface area contributed by atoms with Gasteiger partial charge in [0, 0.05) is 6.54 Å². The van der Waals surface area contributed by atoms with Crippen molar-refractivity contribution in [1.29, 1.82) is 0 Å². The number of hydrogen-bond acceptors (Lipinski definition) is 4. The minimum absolute atomic E-state index is 0.0269. The fourth-order valence-electron chi connectivity index (χ4n) is 2.50. The highest BCUT2D eigenvalue weighted by atomic mass is 32.2. The van der Waals surface area contributed by atoms with Crippen LogP contribution in [-0.4, -0.2) is 28.0 Å². The van der Waals surface area contributed by atoms with E-state index in [2.05, 4.69) is 15.5 Å². The summed E-state index contributed by atoms with van der Waals surface area (Å²) >= 11 is 0. The Hall–Kier alpha value is -2.18. The summed E-state index contributed by atoms with van der Waals surface area (Å²) in [5.74, 6) is -0.676. The normalized spacial score (nSPS) is 11.3. The van der Waals surface area contributed by atoms with Crippen LogP contribution in [-0.2, 0) is 21.2 Å². The average molecular weight is 347 g/mol. The molecule has 0 saturated heterocycles. The number of rotatable bonds is 6. The topological polar surface area (TPSA) is 72.5 Å². The summed E-state index contributed by atoms with van der Waals surface area (Å²) in [6, 6.07) is 12.1. The van der Waals surface area contributed by atoms with Crippen molar-refractivity contribution >= 4 is 16.0 Å². The van der Waals surface area contributed by atoms with Gasteiger partial charge in [-0.2, -0.15) is 0 Å². The standard InChI is InChI=1S/C18H21NO4S/c1-13-8-9-15(14(2)12-13)10-11-19-24(21,22)17-7-5-4-6-16(17)18(20)23-3/h4-9,12,19H,10-11H2,1-3H3. The number of sulfonamides is 1. The van der Waals surface area contributed by atoms with Crippen molar-refractivity contribution in [3.05, 3.63) is 64.7 Å². The van der Waals surface area contributed by atoms with Crippen LogP contribution < -0.4 is 4.72 Å². The largest absolute Gasteiger partial charge is 0.465 e. The minimum Gasteiger partial charge on any atom is -0.465 e. The summed E-state index contributed by atoms with van der Waals surface area (Å²) in [6.07, 6.45) is 0.575. The van der Waals surface area contributed by atoms with Crippen LogP contribution in [0.3, 0.4) is 0 Å². The van der Waals surface area contributed by atoms with E-state index in [1.54, 1.807) is 12.1 Å². The first kappa shape index (κ1) is 18.2. The molecule has 0 saturated carbocycles. The molecule has 5 nitrogen and oxygen atoms in total. The maximum atomic E-state index is 12.5. The molecule has 0 atom stereocenters. The van der Waals surface area contributed by atoms with Gasteiger partial charge >= 0.3 is 5.97 Å². The van der Waals surface area contributed by atoms with E-state index in [0.29, 0.717) is 6.42 Å². The Balaban J connectivity index is 2.13. The third-order valence-electron chi connectivity index (χ3n) is 3.77. The first-order chi connectivity index (χ1) is 11.3. The van der Waals surface area contributed by atoms with Gasteiger partial charge in [0.1, 0.15) is 0 Å². The Kier molecular flexibility index (Phi) is 5.75. The van der Waals surface area contributed by atoms with E-state index in [1.165, 1.54) is 24.8 Å². The Morgan fingerprint density at radius 2 is 1.83 bits per heavy atom. The number of nitrogens with one attached hydrogen (secondary N) is 1. The SMILES string of the molecule is COC(=O)c1ccccc1S(=O)(=O)NCCc1ccc(C)cc1C. The predicted octanol–water partition coefficient (Wildman–Crippen LogP) is 2.61. The molecule has 0 aliphatic rings. The fourth-order valence-corrected chi connectivity index (χ4v) is 3.73. The second kappa shape index (κ2) is 7.59. The number of benzene rings is 2. The molecule has 1 N–H and O–H groups in total. The Labute approximate surface area is 142 Å². The molecule has 0 aliphatic heterocycles. The van der Waals surface area contributed by atoms with E-state index in [-0.39, 0.29) is 17.0 Å². The minimum atomic E-state index is -3.79. The summed E-state index contributed by atoms with van der Waals surface area (Å²) in [5, 5.41) is 0. The smallest absolute Gasteiger partial charge is 0.339 e. The summed E-state index contributed by atoms with van der Waals surface area (Å²) < 4.78 is 32.2. The molecular weight excluding hydrogens is 326 g/mol. The molecular formula is C18H21NO4S. The van der Waals surface area contributed by atoms with Crippen molar-refractivity contribution in [1.82, 2.24) is 4.72 Å². The highest BCUT2D eigenvalue weighted by Gasteiger charge is 2.22. The van der Waals surface area contributed by atoms with Crippen LogP contribution in [0.4, 0.5) is 0 Å². The van der Waals surface area contributed by atoms with E-state index in [9.17, 15) is 13.2 Å². The van der Waals surface area contributed by atoms with Gasteiger partial charge in [-0.3, -0.25) is 0 Å². The van der Waals surface area contributed by atoms with Crippen LogP contribution in [0.1, 0.15) is 27.0 Å². The van der Waals surface area contributed by atoms with Gasteiger partial charge in [0.2, 0.25) is 10.0 Å².